The molecule has 0 radical (unpaired) electrons. The van der Waals surface area contributed by atoms with E-state index in [4.69, 9.17) is 9.47 Å². The van der Waals surface area contributed by atoms with Crippen LogP contribution in [0.4, 0.5) is 5.13 Å². The number of carbonyl (C=O) groups is 1. The lowest BCUT2D eigenvalue weighted by Crippen LogP contribution is -2.12. The van der Waals surface area contributed by atoms with E-state index in [0.717, 1.165) is 17.8 Å². The van der Waals surface area contributed by atoms with Gasteiger partial charge >= 0.3 is 0 Å². The molecule has 2 aromatic rings. The van der Waals surface area contributed by atoms with Crippen LogP contribution in [0.3, 0.4) is 0 Å². The molecular formula is C17H21N3O3S. The lowest BCUT2D eigenvalue weighted by Gasteiger charge is -2.18. The summed E-state index contributed by atoms with van der Waals surface area (Å²) in [4.78, 5) is 12.5. The Morgan fingerprint density at radius 1 is 1.08 bits per heavy atom. The number of methoxy groups -OCH3 is 2. The molecule has 1 amide bonds. The van der Waals surface area contributed by atoms with Crippen LogP contribution in [0, 0.1) is 0 Å². The maximum atomic E-state index is 12.5. The monoisotopic (exact) mass is 347 g/mol. The number of benzene rings is 1. The van der Waals surface area contributed by atoms with E-state index < -0.39 is 0 Å². The molecule has 6 nitrogen and oxygen atoms in total. The van der Waals surface area contributed by atoms with E-state index in [9.17, 15) is 4.79 Å². The third-order valence-electron chi connectivity index (χ3n) is 4.23. The molecule has 1 aromatic carbocycles. The minimum atomic E-state index is -0.251. The summed E-state index contributed by atoms with van der Waals surface area (Å²) in [5.74, 6) is 1.37. The van der Waals surface area contributed by atoms with Crippen LogP contribution >= 0.6 is 11.3 Å². The molecular weight excluding hydrogens is 326 g/mol. The van der Waals surface area contributed by atoms with Crippen LogP contribution in [0.2, 0.25) is 0 Å². The van der Waals surface area contributed by atoms with Gasteiger partial charge in [0.1, 0.15) is 16.5 Å². The van der Waals surface area contributed by atoms with Crippen molar-refractivity contribution in [2.75, 3.05) is 19.5 Å². The first-order valence-electron chi connectivity index (χ1n) is 8.07. The first kappa shape index (κ1) is 16.7. The number of nitrogens with zero attached hydrogens (tertiary/aromatic N) is 2. The Balaban J connectivity index is 1.71. The molecule has 1 saturated carbocycles. The van der Waals surface area contributed by atoms with Gasteiger partial charge in [-0.25, -0.2) is 0 Å². The lowest BCUT2D eigenvalue weighted by atomic mass is 9.90. The van der Waals surface area contributed by atoms with Gasteiger partial charge in [-0.1, -0.05) is 30.6 Å². The Kier molecular flexibility index (Phi) is 5.30. The Morgan fingerprint density at radius 3 is 2.38 bits per heavy atom. The van der Waals surface area contributed by atoms with Crippen molar-refractivity contribution in [3.05, 3.63) is 28.8 Å². The number of rotatable bonds is 5. The Labute approximate surface area is 145 Å². The molecule has 0 spiro atoms. The van der Waals surface area contributed by atoms with Crippen molar-refractivity contribution in [1.29, 1.82) is 0 Å². The quantitative estimate of drug-likeness (QED) is 0.889. The summed E-state index contributed by atoms with van der Waals surface area (Å²) in [6.07, 6.45) is 6.12. The highest BCUT2D eigenvalue weighted by Gasteiger charge is 2.20. The first-order valence-corrected chi connectivity index (χ1v) is 8.89. The number of amides is 1. The van der Waals surface area contributed by atoms with E-state index >= 15 is 0 Å². The van der Waals surface area contributed by atoms with E-state index in [2.05, 4.69) is 15.5 Å². The molecule has 0 bridgehead atoms. The molecule has 0 atom stereocenters. The van der Waals surface area contributed by atoms with E-state index in [1.165, 1.54) is 30.6 Å². The zero-order valence-electron chi connectivity index (χ0n) is 13.9. The summed E-state index contributed by atoms with van der Waals surface area (Å²) in [7, 11) is 3.11. The van der Waals surface area contributed by atoms with E-state index in [1.807, 2.05) is 0 Å². The summed E-state index contributed by atoms with van der Waals surface area (Å²) in [6, 6.07) is 5.06. The normalized spacial score (nSPS) is 15.1. The molecule has 1 aliphatic rings. The molecule has 0 unspecified atom stereocenters. The lowest BCUT2D eigenvalue weighted by molar-refractivity contribution is 0.102. The summed E-state index contributed by atoms with van der Waals surface area (Å²) < 4.78 is 10.4. The Bertz CT molecular complexity index is 689. The molecule has 0 aliphatic heterocycles. The molecule has 7 heteroatoms. The summed E-state index contributed by atoms with van der Waals surface area (Å²) >= 11 is 1.47. The summed E-state index contributed by atoms with van der Waals surface area (Å²) in [5, 5.41) is 12.7. The highest BCUT2D eigenvalue weighted by molar-refractivity contribution is 7.15. The van der Waals surface area contributed by atoms with Crippen molar-refractivity contribution in [2.24, 2.45) is 0 Å². The fourth-order valence-corrected chi connectivity index (χ4v) is 3.81. The van der Waals surface area contributed by atoms with Crippen molar-refractivity contribution >= 4 is 22.4 Å². The fraction of sp³-hybridized carbons (Fsp3) is 0.471. The number of ether oxygens (including phenoxy) is 2. The van der Waals surface area contributed by atoms with Crippen LogP contribution in [0.15, 0.2) is 18.2 Å². The first-order chi connectivity index (χ1) is 11.7. The van der Waals surface area contributed by atoms with Gasteiger partial charge < -0.3 is 9.47 Å². The van der Waals surface area contributed by atoms with Crippen molar-refractivity contribution in [3.8, 4) is 11.5 Å². The number of anilines is 1. The minimum Gasteiger partial charge on any atom is -0.497 e. The van der Waals surface area contributed by atoms with Gasteiger partial charge in [0.15, 0.2) is 0 Å². The molecule has 0 saturated heterocycles. The number of hydrogen-bond donors (Lipinski definition) is 1. The van der Waals surface area contributed by atoms with Crippen LogP contribution in [-0.4, -0.2) is 30.3 Å². The smallest absolute Gasteiger partial charge is 0.257 e. The molecule has 3 rings (SSSR count). The van der Waals surface area contributed by atoms with Crippen LogP contribution in [0.1, 0.15) is 53.4 Å². The van der Waals surface area contributed by atoms with Gasteiger partial charge in [-0.2, -0.15) is 0 Å². The molecule has 1 aliphatic carbocycles. The molecule has 24 heavy (non-hydrogen) atoms. The second-order valence-electron chi connectivity index (χ2n) is 5.84. The standard InChI is InChI=1S/C17H21N3O3S/c1-22-13-8-12(9-14(10-13)23-2)15(21)18-17-20-19-16(24-17)11-6-4-3-5-7-11/h8-11H,3-7H2,1-2H3,(H,18,20,21). The molecule has 128 valence electrons. The van der Waals surface area contributed by atoms with Crippen molar-refractivity contribution in [2.45, 2.75) is 38.0 Å². The molecule has 1 heterocycles. The SMILES string of the molecule is COc1cc(OC)cc(C(=O)Nc2nnc(C3CCCCC3)s2)c1. The maximum absolute atomic E-state index is 12.5. The van der Waals surface area contributed by atoms with E-state index in [-0.39, 0.29) is 5.91 Å². The van der Waals surface area contributed by atoms with Crippen LogP contribution in [0.25, 0.3) is 0 Å². The molecule has 1 N–H and O–H groups in total. The van der Waals surface area contributed by atoms with Crippen LogP contribution in [-0.2, 0) is 0 Å². The number of aromatic nitrogens is 2. The molecule has 1 aromatic heterocycles. The average molecular weight is 347 g/mol. The van der Waals surface area contributed by atoms with Gasteiger partial charge in [0.05, 0.1) is 14.2 Å². The van der Waals surface area contributed by atoms with Gasteiger partial charge in [-0.3, -0.25) is 10.1 Å². The van der Waals surface area contributed by atoms with Gasteiger partial charge in [-0.05, 0) is 25.0 Å². The predicted molar refractivity (Wildman–Crippen MR) is 93.2 cm³/mol. The van der Waals surface area contributed by atoms with Gasteiger partial charge in [0, 0.05) is 17.5 Å². The number of nitrogens with one attached hydrogen (secondary N) is 1. The second kappa shape index (κ2) is 7.61. The topological polar surface area (TPSA) is 73.3 Å². The predicted octanol–water partition coefficient (Wildman–Crippen LogP) is 3.86. The number of carbonyl (C=O) groups excluding carboxylic acids is 1. The molecule has 1 fully saturated rings. The van der Waals surface area contributed by atoms with Gasteiger partial charge in [0.2, 0.25) is 5.13 Å². The van der Waals surface area contributed by atoms with Gasteiger partial charge in [0.25, 0.3) is 5.91 Å². The Hall–Kier alpha value is -2.15. The van der Waals surface area contributed by atoms with Crippen LogP contribution in [0.5, 0.6) is 11.5 Å². The second-order valence-corrected chi connectivity index (χ2v) is 6.84. The number of hydrogen-bond acceptors (Lipinski definition) is 6. The minimum absolute atomic E-state index is 0.251. The highest BCUT2D eigenvalue weighted by Crippen LogP contribution is 2.35. The Morgan fingerprint density at radius 2 is 1.75 bits per heavy atom. The summed E-state index contributed by atoms with van der Waals surface area (Å²) in [6.45, 7) is 0. The summed E-state index contributed by atoms with van der Waals surface area (Å²) in [5.41, 5.74) is 0.459. The van der Waals surface area contributed by atoms with Gasteiger partial charge in [-0.15, -0.1) is 10.2 Å². The van der Waals surface area contributed by atoms with Crippen molar-refractivity contribution < 1.29 is 14.3 Å². The highest BCUT2D eigenvalue weighted by atomic mass is 32.1. The average Bonchev–Trinajstić information content (AvgIpc) is 3.10. The van der Waals surface area contributed by atoms with Crippen LogP contribution < -0.4 is 14.8 Å². The van der Waals surface area contributed by atoms with E-state index in [0.29, 0.717) is 28.1 Å². The zero-order valence-corrected chi connectivity index (χ0v) is 14.7. The van der Waals surface area contributed by atoms with E-state index in [1.54, 1.807) is 32.4 Å². The largest absolute Gasteiger partial charge is 0.497 e. The maximum Gasteiger partial charge on any atom is 0.257 e. The third-order valence-corrected chi connectivity index (χ3v) is 5.23. The van der Waals surface area contributed by atoms with Crippen molar-refractivity contribution in [3.63, 3.8) is 0 Å². The fourth-order valence-electron chi connectivity index (χ4n) is 2.91. The zero-order chi connectivity index (χ0) is 16.9. The third kappa shape index (κ3) is 3.84. The van der Waals surface area contributed by atoms with Crippen molar-refractivity contribution in [1.82, 2.24) is 10.2 Å².